The molecule has 1 atom stereocenters. The predicted molar refractivity (Wildman–Crippen MR) is 103 cm³/mol. The number of fused-ring (bicyclic) bond motifs is 2. The maximum absolute atomic E-state index is 12.9. The molecule has 0 radical (unpaired) electrons. The Balaban J connectivity index is 1.59. The molecule has 1 aromatic heterocycles. The number of amides is 2. The molecule has 1 N–H and O–H groups in total. The summed E-state index contributed by atoms with van der Waals surface area (Å²) in [5, 5.41) is 3.97. The predicted octanol–water partition coefficient (Wildman–Crippen LogP) is 3.52. The monoisotopic (exact) mass is 365 g/mol. The molecule has 0 saturated carbocycles. The number of carbonyl (C=O) groups excluding carboxylic acids is 2. The van der Waals surface area contributed by atoms with Crippen molar-refractivity contribution in [3.05, 3.63) is 58.6 Å². The first kappa shape index (κ1) is 16.7. The number of aromatic nitrogens is 1. The Hall–Kier alpha value is -2.73. The van der Waals surface area contributed by atoms with E-state index in [2.05, 4.69) is 10.3 Å². The second kappa shape index (κ2) is 6.53. The van der Waals surface area contributed by atoms with Gasteiger partial charge in [-0.2, -0.15) is 0 Å². The third kappa shape index (κ3) is 3.08. The van der Waals surface area contributed by atoms with Gasteiger partial charge in [-0.15, -0.1) is 11.3 Å². The number of benzene rings is 2. The molecule has 5 nitrogen and oxygen atoms in total. The normalized spacial score (nSPS) is 16.4. The van der Waals surface area contributed by atoms with Gasteiger partial charge in [0.05, 0.1) is 15.2 Å². The Kier molecular flexibility index (Phi) is 4.20. The SMILES string of the molecule is CC(=O)N1Cc2ccccc2C[C@H]1C(=O)Nc1ccc2nc(C)sc2c1. The number of anilines is 1. The molecular weight excluding hydrogens is 346 g/mol. The summed E-state index contributed by atoms with van der Waals surface area (Å²) in [4.78, 5) is 31.1. The van der Waals surface area contributed by atoms with Crippen LogP contribution in [0.1, 0.15) is 23.1 Å². The summed E-state index contributed by atoms with van der Waals surface area (Å²) in [6, 6.07) is 13.2. The lowest BCUT2D eigenvalue weighted by Crippen LogP contribution is -2.49. The van der Waals surface area contributed by atoms with Crippen LogP contribution in [-0.2, 0) is 22.6 Å². The van der Waals surface area contributed by atoms with E-state index < -0.39 is 6.04 Å². The Morgan fingerprint density at radius 2 is 1.96 bits per heavy atom. The van der Waals surface area contributed by atoms with Crippen LogP contribution in [0.4, 0.5) is 5.69 Å². The van der Waals surface area contributed by atoms with Gasteiger partial charge in [-0.3, -0.25) is 9.59 Å². The van der Waals surface area contributed by atoms with Crippen LogP contribution in [0, 0.1) is 6.92 Å². The zero-order chi connectivity index (χ0) is 18.3. The molecular formula is C20H19N3O2S. The van der Waals surface area contributed by atoms with Crippen LogP contribution >= 0.6 is 11.3 Å². The van der Waals surface area contributed by atoms with E-state index in [-0.39, 0.29) is 11.8 Å². The number of thiazole rings is 1. The molecule has 0 fully saturated rings. The van der Waals surface area contributed by atoms with Crippen molar-refractivity contribution in [2.45, 2.75) is 32.9 Å². The standard InChI is InChI=1S/C20H19N3O2S/c1-12-21-17-8-7-16(10-19(17)26-12)22-20(25)18-9-14-5-3-4-6-15(14)11-23(18)13(2)24/h3-8,10,18H,9,11H2,1-2H3,(H,22,25)/t18-/m0/s1. The topological polar surface area (TPSA) is 62.3 Å². The van der Waals surface area contributed by atoms with Crippen molar-refractivity contribution in [1.82, 2.24) is 9.88 Å². The van der Waals surface area contributed by atoms with Crippen molar-refractivity contribution in [3.8, 4) is 0 Å². The number of aryl methyl sites for hydroxylation is 1. The number of nitrogens with zero attached hydrogens (tertiary/aromatic N) is 2. The van der Waals surface area contributed by atoms with E-state index in [0.717, 1.165) is 32.0 Å². The number of rotatable bonds is 2. The molecule has 2 amide bonds. The Morgan fingerprint density at radius 3 is 2.73 bits per heavy atom. The van der Waals surface area contributed by atoms with E-state index in [1.807, 2.05) is 49.4 Å². The lowest BCUT2D eigenvalue weighted by atomic mass is 9.93. The lowest BCUT2D eigenvalue weighted by Gasteiger charge is -2.35. The van der Waals surface area contributed by atoms with Gasteiger partial charge >= 0.3 is 0 Å². The highest BCUT2D eigenvalue weighted by atomic mass is 32.1. The summed E-state index contributed by atoms with van der Waals surface area (Å²) in [5.74, 6) is -0.247. The maximum Gasteiger partial charge on any atom is 0.247 e. The van der Waals surface area contributed by atoms with E-state index in [4.69, 9.17) is 0 Å². The van der Waals surface area contributed by atoms with Crippen molar-refractivity contribution in [3.63, 3.8) is 0 Å². The fourth-order valence-corrected chi connectivity index (χ4v) is 4.30. The molecule has 1 aliphatic heterocycles. The molecule has 4 rings (SSSR count). The van der Waals surface area contributed by atoms with Crippen LogP contribution in [0.25, 0.3) is 10.2 Å². The maximum atomic E-state index is 12.9. The number of nitrogens with one attached hydrogen (secondary N) is 1. The molecule has 0 spiro atoms. The van der Waals surface area contributed by atoms with Gasteiger partial charge in [-0.05, 0) is 36.2 Å². The van der Waals surface area contributed by atoms with E-state index in [1.54, 1.807) is 16.2 Å². The van der Waals surface area contributed by atoms with Crippen LogP contribution in [-0.4, -0.2) is 27.7 Å². The van der Waals surface area contributed by atoms with Crippen molar-refractivity contribution in [2.75, 3.05) is 5.32 Å². The molecule has 26 heavy (non-hydrogen) atoms. The van der Waals surface area contributed by atoms with Gasteiger partial charge in [0.25, 0.3) is 0 Å². The summed E-state index contributed by atoms with van der Waals surface area (Å²) < 4.78 is 1.04. The molecule has 0 bridgehead atoms. The Morgan fingerprint density at radius 1 is 1.19 bits per heavy atom. The Bertz CT molecular complexity index is 1010. The van der Waals surface area contributed by atoms with Gasteiger partial charge in [0.1, 0.15) is 6.04 Å². The average molecular weight is 365 g/mol. The van der Waals surface area contributed by atoms with Crippen LogP contribution in [0.3, 0.4) is 0 Å². The smallest absolute Gasteiger partial charge is 0.247 e. The molecule has 132 valence electrons. The van der Waals surface area contributed by atoms with Crippen LogP contribution in [0.2, 0.25) is 0 Å². The molecule has 1 aliphatic rings. The molecule has 0 aliphatic carbocycles. The quantitative estimate of drug-likeness (QED) is 0.756. The molecule has 6 heteroatoms. The van der Waals surface area contributed by atoms with Crippen LogP contribution < -0.4 is 5.32 Å². The third-order valence-corrected chi connectivity index (χ3v) is 5.65. The zero-order valence-electron chi connectivity index (χ0n) is 14.7. The van der Waals surface area contributed by atoms with Gasteiger partial charge in [0, 0.05) is 25.6 Å². The summed E-state index contributed by atoms with van der Waals surface area (Å²) in [5.41, 5.74) is 3.89. The highest BCUT2D eigenvalue weighted by Gasteiger charge is 2.33. The fraction of sp³-hybridized carbons (Fsp3) is 0.250. The Labute approximate surface area is 155 Å². The van der Waals surface area contributed by atoms with Crippen molar-refractivity contribution in [1.29, 1.82) is 0 Å². The molecule has 2 aromatic carbocycles. The first-order valence-corrected chi connectivity index (χ1v) is 9.35. The molecule has 3 aromatic rings. The summed E-state index contributed by atoms with van der Waals surface area (Å²) in [7, 11) is 0. The summed E-state index contributed by atoms with van der Waals surface area (Å²) in [6.45, 7) is 3.95. The summed E-state index contributed by atoms with van der Waals surface area (Å²) in [6.07, 6.45) is 0.531. The first-order chi connectivity index (χ1) is 12.5. The minimum atomic E-state index is -0.499. The zero-order valence-corrected chi connectivity index (χ0v) is 15.5. The number of hydrogen-bond acceptors (Lipinski definition) is 4. The summed E-state index contributed by atoms with van der Waals surface area (Å²) >= 11 is 1.60. The molecule has 2 heterocycles. The van der Waals surface area contributed by atoms with Crippen molar-refractivity contribution < 1.29 is 9.59 Å². The van der Waals surface area contributed by atoms with E-state index in [1.165, 1.54) is 6.92 Å². The highest BCUT2D eigenvalue weighted by molar-refractivity contribution is 7.18. The highest BCUT2D eigenvalue weighted by Crippen LogP contribution is 2.27. The van der Waals surface area contributed by atoms with E-state index in [9.17, 15) is 9.59 Å². The van der Waals surface area contributed by atoms with Crippen LogP contribution in [0.5, 0.6) is 0 Å². The minimum absolute atomic E-state index is 0.0896. The average Bonchev–Trinajstić information content (AvgIpc) is 2.99. The minimum Gasteiger partial charge on any atom is -0.326 e. The fourth-order valence-electron chi connectivity index (χ4n) is 3.43. The van der Waals surface area contributed by atoms with E-state index >= 15 is 0 Å². The second-order valence-electron chi connectivity index (χ2n) is 6.54. The van der Waals surface area contributed by atoms with Gasteiger partial charge in [-0.1, -0.05) is 24.3 Å². The molecule has 0 saturated heterocycles. The van der Waals surface area contributed by atoms with Gasteiger partial charge in [0.15, 0.2) is 0 Å². The third-order valence-electron chi connectivity index (χ3n) is 4.72. The second-order valence-corrected chi connectivity index (χ2v) is 7.77. The van der Waals surface area contributed by atoms with Crippen molar-refractivity contribution in [2.24, 2.45) is 0 Å². The first-order valence-electron chi connectivity index (χ1n) is 8.53. The van der Waals surface area contributed by atoms with Gasteiger partial charge in [-0.25, -0.2) is 4.98 Å². The van der Waals surface area contributed by atoms with Gasteiger partial charge in [0.2, 0.25) is 11.8 Å². The number of hydrogen-bond donors (Lipinski definition) is 1. The molecule has 0 unspecified atom stereocenters. The number of carbonyl (C=O) groups is 2. The van der Waals surface area contributed by atoms with Crippen LogP contribution in [0.15, 0.2) is 42.5 Å². The van der Waals surface area contributed by atoms with E-state index in [0.29, 0.717) is 13.0 Å². The van der Waals surface area contributed by atoms with Gasteiger partial charge < -0.3 is 10.2 Å². The largest absolute Gasteiger partial charge is 0.326 e. The van der Waals surface area contributed by atoms with Crippen molar-refractivity contribution >= 4 is 39.1 Å². The lowest BCUT2D eigenvalue weighted by molar-refractivity contribution is -0.138.